The van der Waals surface area contributed by atoms with Crippen LogP contribution in [0.3, 0.4) is 0 Å². The molecule has 0 bridgehead atoms. The van der Waals surface area contributed by atoms with Gasteiger partial charge < -0.3 is 10.8 Å². The van der Waals surface area contributed by atoms with Crippen molar-refractivity contribution in [2.24, 2.45) is 11.1 Å². The van der Waals surface area contributed by atoms with Crippen molar-refractivity contribution in [3.05, 3.63) is 0 Å². The van der Waals surface area contributed by atoms with Crippen LogP contribution in [-0.2, 0) is 0 Å². The first-order valence-electron chi connectivity index (χ1n) is 5.50. The van der Waals surface area contributed by atoms with Crippen molar-refractivity contribution in [3.63, 3.8) is 0 Å². The Bertz CT molecular complexity index is 159. The van der Waals surface area contributed by atoms with Gasteiger partial charge in [0.25, 0.3) is 0 Å². The second-order valence-electron chi connectivity index (χ2n) is 4.72. The molecule has 0 aliphatic heterocycles. The fourth-order valence-electron chi connectivity index (χ4n) is 2.77. The Labute approximate surface area is 81.5 Å². The second-order valence-corrected chi connectivity index (χ2v) is 4.72. The summed E-state index contributed by atoms with van der Waals surface area (Å²) in [4.78, 5) is 0. The number of hydrogen-bond acceptors (Lipinski definition) is 2. The van der Waals surface area contributed by atoms with Crippen molar-refractivity contribution in [2.45, 2.75) is 58.0 Å². The van der Waals surface area contributed by atoms with Crippen LogP contribution in [0, 0.1) is 5.41 Å². The minimum absolute atomic E-state index is 0.0169. The number of hydrogen-bond donors (Lipinski definition) is 2. The van der Waals surface area contributed by atoms with Crippen molar-refractivity contribution in [1.29, 1.82) is 0 Å². The summed E-state index contributed by atoms with van der Waals surface area (Å²) in [6.07, 6.45) is 6.60. The molecule has 1 atom stereocenters. The molecule has 1 fully saturated rings. The van der Waals surface area contributed by atoms with Crippen LogP contribution in [0.25, 0.3) is 0 Å². The molecule has 0 amide bonds. The number of nitrogens with two attached hydrogens (primary N) is 1. The van der Waals surface area contributed by atoms with Crippen LogP contribution >= 0.6 is 0 Å². The van der Waals surface area contributed by atoms with Crippen LogP contribution in [0.5, 0.6) is 0 Å². The molecule has 2 nitrogen and oxygen atoms in total. The molecule has 1 unspecified atom stereocenters. The molecule has 1 rings (SSSR count). The molecule has 13 heavy (non-hydrogen) atoms. The summed E-state index contributed by atoms with van der Waals surface area (Å²) in [5, 5.41) is 10.4. The van der Waals surface area contributed by atoms with E-state index in [1.165, 1.54) is 12.8 Å². The molecule has 0 saturated heterocycles. The van der Waals surface area contributed by atoms with Crippen molar-refractivity contribution in [1.82, 2.24) is 0 Å². The predicted octanol–water partition coefficient (Wildman–Crippen LogP) is 2.06. The maximum absolute atomic E-state index is 10.4. The fraction of sp³-hybridized carbons (Fsp3) is 1.00. The highest BCUT2D eigenvalue weighted by molar-refractivity contribution is 4.99. The molecular weight excluding hydrogens is 162 g/mol. The van der Waals surface area contributed by atoms with Crippen molar-refractivity contribution >= 4 is 0 Å². The van der Waals surface area contributed by atoms with Crippen LogP contribution in [0.1, 0.15) is 52.4 Å². The van der Waals surface area contributed by atoms with E-state index in [0.717, 1.165) is 25.7 Å². The molecule has 0 aromatic heterocycles. The van der Waals surface area contributed by atoms with Gasteiger partial charge in [0, 0.05) is 12.0 Å². The summed E-state index contributed by atoms with van der Waals surface area (Å²) in [6.45, 7) is 4.72. The largest absolute Gasteiger partial charge is 0.390 e. The van der Waals surface area contributed by atoms with Crippen LogP contribution in [0.2, 0.25) is 0 Å². The van der Waals surface area contributed by atoms with Crippen molar-refractivity contribution < 1.29 is 5.11 Å². The smallest absolute Gasteiger partial charge is 0.0687 e. The van der Waals surface area contributed by atoms with Gasteiger partial charge in [0.15, 0.2) is 0 Å². The first-order chi connectivity index (χ1) is 6.08. The monoisotopic (exact) mass is 185 g/mol. The van der Waals surface area contributed by atoms with E-state index in [1.807, 2.05) is 6.92 Å². The lowest BCUT2D eigenvalue weighted by molar-refractivity contribution is -0.0696. The third-order valence-electron chi connectivity index (χ3n) is 3.83. The molecule has 0 aromatic rings. The third kappa shape index (κ3) is 1.89. The van der Waals surface area contributed by atoms with Gasteiger partial charge in [-0.2, -0.15) is 0 Å². The minimum atomic E-state index is -0.549. The lowest BCUT2D eigenvalue weighted by Gasteiger charge is -2.42. The molecule has 0 radical (unpaired) electrons. The third-order valence-corrected chi connectivity index (χ3v) is 3.83. The maximum Gasteiger partial charge on any atom is 0.0687 e. The molecule has 0 aromatic carbocycles. The average Bonchev–Trinajstić information content (AvgIpc) is 2.53. The summed E-state index contributed by atoms with van der Waals surface area (Å²) in [5.74, 6) is 0. The maximum atomic E-state index is 10.4. The first kappa shape index (κ1) is 11.0. The Balaban J connectivity index is 2.73. The van der Waals surface area contributed by atoms with Gasteiger partial charge in [-0.3, -0.25) is 0 Å². The fourth-order valence-corrected chi connectivity index (χ4v) is 2.77. The van der Waals surface area contributed by atoms with Gasteiger partial charge in [0.1, 0.15) is 0 Å². The normalized spacial score (nSPS) is 25.8. The van der Waals surface area contributed by atoms with Gasteiger partial charge in [-0.1, -0.05) is 26.2 Å². The van der Waals surface area contributed by atoms with Crippen LogP contribution < -0.4 is 5.73 Å². The highest BCUT2D eigenvalue weighted by Crippen LogP contribution is 2.47. The Morgan fingerprint density at radius 1 is 1.38 bits per heavy atom. The first-order valence-corrected chi connectivity index (χ1v) is 5.50. The molecule has 0 heterocycles. The van der Waals surface area contributed by atoms with E-state index in [0.29, 0.717) is 6.54 Å². The zero-order chi connectivity index (χ0) is 9.95. The lowest BCUT2D eigenvalue weighted by Crippen LogP contribution is -2.48. The molecular formula is C11H23NO. The van der Waals surface area contributed by atoms with E-state index in [9.17, 15) is 5.11 Å². The SMILES string of the molecule is CCCC(C)(O)C1(CN)CCCC1. The van der Waals surface area contributed by atoms with Crippen LogP contribution in [0.4, 0.5) is 0 Å². The summed E-state index contributed by atoms with van der Waals surface area (Å²) < 4.78 is 0. The van der Waals surface area contributed by atoms with Gasteiger partial charge in [0.2, 0.25) is 0 Å². The Morgan fingerprint density at radius 3 is 2.31 bits per heavy atom. The zero-order valence-corrected chi connectivity index (χ0v) is 8.97. The van der Waals surface area contributed by atoms with E-state index in [4.69, 9.17) is 5.73 Å². The van der Waals surface area contributed by atoms with Crippen LogP contribution in [-0.4, -0.2) is 17.3 Å². The van der Waals surface area contributed by atoms with Crippen molar-refractivity contribution in [2.75, 3.05) is 6.54 Å². The Kier molecular flexibility index (Phi) is 3.36. The van der Waals surface area contributed by atoms with Gasteiger partial charge in [0.05, 0.1) is 5.60 Å². The summed E-state index contributed by atoms with van der Waals surface area (Å²) >= 11 is 0. The average molecular weight is 185 g/mol. The standard InChI is InChI=1S/C11H23NO/c1-3-6-10(2,13)11(9-12)7-4-5-8-11/h13H,3-9,12H2,1-2H3. The highest BCUT2D eigenvalue weighted by Gasteiger charge is 2.46. The van der Waals surface area contributed by atoms with E-state index >= 15 is 0 Å². The van der Waals surface area contributed by atoms with Gasteiger partial charge >= 0.3 is 0 Å². The molecule has 1 aliphatic rings. The van der Waals surface area contributed by atoms with E-state index in [-0.39, 0.29) is 5.41 Å². The number of rotatable bonds is 4. The van der Waals surface area contributed by atoms with E-state index in [1.54, 1.807) is 0 Å². The molecule has 78 valence electrons. The molecule has 1 saturated carbocycles. The predicted molar refractivity (Wildman–Crippen MR) is 55.5 cm³/mol. The summed E-state index contributed by atoms with van der Waals surface area (Å²) in [5.41, 5.74) is 5.29. The Morgan fingerprint density at radius 2 is 1.92 bits per heavy atom. The molecule has 0 spiro atoms. The summed E-state index contributed by atoms with van der Waals surface area (Å²) in [7, 11) is 0. The highest BCUT2D eigenvalue weighted by atomic mass is 16.3. The topological polar surface area (TPSA) is 46.2 Å². The molecule has 3 N–H and O–H groups in total. The van der Waals surface area contributed by atoms with Gasteiger partial charge in [-0.25, -0.2) is 0 Å². The van der Waals surface area contributed by atoms with Gasteiger partial charge in [-0.05, 0) is 26.2 Å². The quantitative estimate of drug-likeness (QED) is 0.704. The second kappa shape index (κ2) is 3.97. The summed E-state index contributed by atoms with van der Waals surface area (Å²) in [6, 6.07) is 0. The molecule has 1 aliphatic carbocycles. The zero-order valence-electron chi connectivity index (χ0n) is 8.97. The van der Waals surface area contributed by atoms with Crippen LogP contribution in [0.15, 0.2) is 0 Å². The lowest BCUT2D eigenvalue weighted by atomic mass is 9.69. The molecule has 2 heteroatoms. The van der Waals surface area contributed by atoms with Gasteiger partial charge in [-0.15, -0.1) is 0 Å². The number of aliphatic hydroxyl groups is 1. The van der Waals surface area contributed by atoms with Crippen molar-refractivity contribution in [3.8, 4) is 0 Å². The minimum Gasteiger partial charge on any atom is -0.390 e. The Hall–Kier alpha value is -0.0800. The van der Waals surface area contributed by atoms with E-state index in [2.05, 4.69) is 6.92 Å². The van der Waals surface area contributed by atoms with E-state index < -0.39 is 5.60 Å².